The van der Waals surface area contributed by atoms with Crippen molar-refractivity contribution in [2.45, 2.75) is 95.7 Å². The van der Waals surface area contributed by atoms with Crippen molar-refractivity contribution in [3.63, 3.8) is 0 Å². The van der Waals surface area contributed by atoms with Gasteiger partial charge in [0.15, 0.2) is 10.5 Å². The smallest absolute Gasteiger partial charge is 0.197 e. The first-order valence-electron chi connectivity index (χ1n) is 29.5. The predicted molar refractivity (Wildman–Crippen MR) is 354 cm³/mol. The highest BCUT2D eigenvalue weighted by molar-refractivity contribution is 7.78. The highest BCUT2D eigenvalue weighted by Crippen LogP contribution is 2.66. The van der Waals surface area contributed by atoms with Crippen LogP contribution in [0.2, 0.25) is 13.1 Å². The third-order valence-corrected chi connectivity index (χ3v) is 21.0. The van der Waals surface area contributed by atoms with Gasteiger partial charge in [-0.05, 0) is 157 Å². The Morgan fingerprint density at radius 3 is 1.91 bits per heavy atom. The molecule has 4 aliphatic rings. The van der Waals surface area contributed by atoms with E-state index in [1.807, 2.05) is 0 Å². The molecule has 0 radical (unpaired) electrons. The lowest BCUT2D eigenvalue weighted by Gasteiger charge is -2.37. The Morgan fingerprint density at radius 2 is 1.22 bits per heavy atom. The Balaban J connectivity index is 1.02. The lowest BCUT2D eigenvalue weighted by Crippen LogP contribution is -2.32. The quantitative estimate of drug-likeness (QED) is 0.0862. The molecule has 1 spiro atoms. The minimum absolute atomic E-state index is 0.00531. The molecule has 15 rings (SSSR count). The Morgan fingerprint density at radius 1 is 0.561 bits per heavy atom. The maximum absolute atomic E-state index is 6.80. The van der Waals surface area contributed by atoms with Crippen LogP contribution in [0.1, 0.15) is 88.6 Å². The normalized spacial score (nSPS) is 17.4. The first-order chi connectivity index (χ1) is 39.7. The molecule has 0 amide bonds. The van der Waals surface area contributed by atoms with Gasteiger partial charge < -0.3 is 18.6 Å². The first kappa shape index (κ1) is 50.9. The number of thiol groups is 1. The predicted octanol–water partition coefficient (Wildman–Crippen LogP) is 19.8. The number of rotatable bonds is 8. The van der Waals surface area contributed by atoms with Crippen molar-refractivity contribution >= 4 is 114 Å². The van der Waals surface area contributed by atoms with Crippen LogP contribution in [0.25, 0.3) is 71.3 Å². The number of fused-ring (bicyclic) bond motifs is 17. The Labute approximate surface area is 487 Å². The zero-order valence-electron chi connectivity index (χ0n) is 48.5. The summed E-state index contributed by atoms with van der Waals surface area (Å²) in [6.45, 7) is 18.8. The Kier molecular flexibility index (Phi) is 11.6. The summed E-state index contributed by atoms with van der Waals surface area (Å²) < 4.78 is 13.5. The van der Waals surface area contributed by atoms with E-state index in [4.69, 9.17) is 8.83 Å². The average Bonchev–Trinajstić information content (AvgIpc) is 3.19. The van der Waals surface area contributed by atoms with Gasteiger partial charge in [0.2, 0.25) is 0 Å². The summed E-state index contributed by atoms with van der Waals surface area (Å²) in [5.74, 6) is 0. The third-order valence-electron chi connectivity index (χ3n) is 18.5. The van der Waals surface area contributed by atoms with Crippen LogP contribution < -0.4 is 15.0 Å². The molecule has 0 N–H and O–H groups in total. The highest BCUT2D eigenvalue weighted by atomic mass is 32.2. The van der Waals surface area contributed by atoms with E-state index < -0.39 is 14.2 Å². The minimum atomic E-state index is -1.44. The van der Waals surface area contributed by atoms with Gasteiger partial charge in [-0.15, -0.1) is 0 Å². The second-order valence-electron chi connectivity index (χ2n) is 25.6. The maximum atomic E-state index is 6.80. The lowest BCUT2D eigenvalue weighted by molar-refractivity contribution is 0.510. The van der Waals surface area contributed by atoms with Crippen LogP contribution in [0.3, 0.4) is 0 Å². The second-order valence-corrected chi connectivity index (χ2v) is 29.5. The summed E-state index contributed by atoms with van der Waals surface area (Å²) in [5.41, 5.74) is 22.7. The Hall–Kier alpha value is -8.03. The van der Waals surface area contributed by atoms with Crippen LogP contribution in [-0.4, -0.2) is 21.1 Å². The van der Waals surface area contributed by atoms with Gasteiger partial charge in [0, 0.05) is 67.5 Å². The molecule has 2 aromatic heterocycles. The molecule has 82 heavy (non-hydrogen) atoms. The first-order valence-corrected chi connectivity index (χ1v) is 33.7. The monoisotopic (exact) mass is 1100 g/mol. The lowest BCUT2D eigenvalue weighted by atomic mass is 9.67. The number of nitrogens with zero attached hydrogens (tertiary/aromatic N) is 2. The molecule has 2 heterocycles. The zero-order chi connectivity index (χ0) is 56.0. The molecular weight excluding hydrogens is 1030 g/mol. The van der Waals surface area contributed by atoms with Crippen molar-refractivity contribution in [2.24, 2.45) is 5.41 Å². The molecule has 2 atom stereocenters. The molecule has 6 heteroatoms. The van der Waals surface area contributed by atoms with E-state index in [1.54, 1.807) is 0 Å². The van der Waals surface area contributed by atoms with Crippen molar-refractivity contribution in [2.75, 3.05) is 16.1 Å². The fraction of sp³-hybridized carbons (Fsp3) is 0.211. The molecule has 0 fully saturated rings. The van der Waals surface area contributed by atoms with Gasteiger partial charge in [0.05, 0.1) is 25.9 Å². The molecule has 4 aliphatic carbocycles. The number of hydrogen-bond donors (Lipinski definition) is 0. The summed E-state index contributed by atoms with van der Waals surface area (Å²) in [6, 6.07) is 65.1. The van der Waals surface area contributed by atoms with E-state index in [-0.39, 0.29) is 16.9 Å². The topological polar surface area (TPSA) is 32.8 Å². The van der Waals surface area contributed by atoms with Gasteiger partial charge in [-0.1, -0.05) is 188 Å². The minimum Gasteiger partial charge on any atom is -0.456 e. The van der Waals surface area contributed by atoms with Crippen molar-refractivity contribution in [1.29, 1.82) is 0 Å². The van der Waals surface area contributed by atoms with Gasteiger partial charge in [-0.25, -0.2) is 0 Å². The fourth-order valence-electron chi connectivity index (χ4n) is 14.5. The van der Waals surface area contributed by atoms with Gasteiger partial charge in [-0.2, -0.15) is 0 Å². The van der Waals surface area contributed by atoms with Crippen LogP contribution in [0, 0.1) is 5.41 Å². The van der Waals surface area contributed by atoms with E-state index in [0.29, 0.717) is 0 Å². The standard InChI is InChI=1S/C76H68N2O2SSi/c1-74(2,3)46-30-34-48(35-31-46)77(51-40-60-56-23-14-18-28-67(56)79-72(60)69(43-51)81-7)50-38-39-59-64(42-50)76(62-26-16-12-20-53(62)54-21-13-17-27-63(54)76)65-45-66(55-22-10-11-25-58(55)71(59)65)78(49-36-32-47(33-37-49)75(4,5)6)52-41-61-57-24-15-19-29-68(57)80-73(61)70(44-52)82(8)9/h10-16,18-26,28-34,36-45,48,82H,17,27,35H2,1-9H3/p+1. The molecule has 0 saturated heterocycles. The molecule has 0 saturated carbocycles. The number of hydrogen-bond acceptors (Lipinski definition) is 4. The maximum Gasteiger partial charge on any atom is 0.197 e. The molecule has 2 unspecified atom stereocenters. The average molecular weight is 1100 g/mol. The summed E-state index contributed by atoms with van der Waals surface area (Å²) in [4.78, 5) is 6.43. The van der Waals surface area contributed by atoms with Crippen LogP contribution in [-0.2, 0) is 22.6 Å². The van der Waals surface area contributed by atoms with Crippen molar-refractivity contribution < 1.29 is 8.83 Å². The van der Waals surface area contributed by atoms with Gasteiger partial charge in [0.25, 0.3) is 0 Å². The number of benzene rings is 9. The summed E-state index contributed by atoms with van der Waals surface area (Å²) in [6.07, 6.45) is 17.3. The van der Waals surface area contributed by atoms with Gasteiger partial charge in [0.1, 0.15) is 23.0 Å². The number of furan rings is 2. The van der Waals surface area contributed by atoms with Crippen LogP contribution in [0.15, 0.2) is 225 Å². The molecular formula is C76H69N2O2SSi+. The molecule has 0 bridgehead atoms. The molecule has 11 aromatic rings. The molecule has 9 aromatic carbocycles. The van der Waals surface area contributed by atoms with Crippen LogP contribution in [0.5, 0.6) is 0 Å². The van der Waals surface area contributed by atoms with Crippen LogP contribution >= 0.6 is 0 Å². The fourth-order valence-corrected chi connectivity index (χ4v) is 16.4. The van der Waals surface area contributed by atoms with E-state index >= 15 is 0 Å². The molecule has 0 aliphatic heterocycles. The second kappa shape index (κ2) is 18.8. The molecule has 404 valence electrons. The summed E-state index contributed by atoms with van der Waals surface area (Å²) in [5, 5.41) is 8.45. The van der Waals surface area contributed by atoms with Crippen molar-refractivity contribution in [3.05, 3.63) is 239 Å². The molecule has 4 nitrogen and oxygen atoms in total. The highest BCUT2D eigenvalue weighted by Gasteiger charge is 2.54. The summed E-state index contributed by atoms with van der Waals surface area (Å²) >= 11 is 1.16. The van der Waals surface area contributed by atoms with Crippen molar-refractivity contribution in [1.82, 2.24) is 0 Å². The SMILES string of the molecule is C[SH+]c1cc(N(c2ccc3c(c2)C2(C4=C(C=CCC4)c4ccccc42)c2cc(N(c4ccc(C(C)(C)C)cc4)c4cc([SiH](C)C)c5oc6ccccc6c5c4)c4ccccc4c2-3)C2C=CC(C(C)(C)C)=CC2)cc2c1oc1ccccc12. The van der Waals surface area contributed by atoms with E-state index in [9.17, 15) is 0 Å². The van der Waals surface area contributed by atoms with Crippen molar-refractivity contribution in [3.8, 4) is 11.1 Å². The van der Waals surface area contributed by atoms with Crippen LogP contribution in [0.4, 0.5) is 28.4 Å². The third kappa shape index (κ3) is 7.63. The Bertz CT molecular complexity index is 4610. The van der Waals surface area contributed by atoms with E-state index in [1.165, 1.54) is 99.0 Å². The largest absolute Gasteiger partial charge is 0.456 e. The van der Waals surface area contributed by atoms with Gasteiger partial charge in [-0.3, -0.25) is 0 Å². The summed E-state index contributed by atoms with van der Waals surface area (Å²) in [7, 11) is -1.44. The number of anilines is 5. The number of para-hydroxylation sites is 2. The van der Waals surface area contributed by atoms with E-state index in [2.05, 4.69) is 271 Å². The number of allylic oxidation sites excluding steroid dienone is 6. The van der Waals surface area contributed by atoms with E-state index in [0.717, 1.165) is 80.9 Å². The zero-order valence-corrected chi connectivity index (χ0v) is 50.5. The van der Waals surface area contributed by atoms with Gasteiger partial charge >= 0.3 is 0 Å².